The van der Waals surface area contributed by atoms with Gasteiger partial charge in [-0.25, -0.2) is 0 Å². The van der Waals surface area contributed by atoms with Gasteiger partial charge in [-0.1, -0.05) is 6.42 Å². The van der Waals surface area contributed by atoms with Crippen LogP contribution < -0.4 is 11.1 Å². The summed E-state index contributed by atoms with van der Waals surface area (Å²) in [5.74, 6) is 0.194. The number of nitrogens with one attached hydrogen (secondary N) is 1. The van der Waals surface area contributed by atoms with Crippen LogP contribution in [0.15, 0.2) is 0 Å². The van der Waals surface area contributed by atoms with Crippen molar-refractivity contribution in [1.82, 2.24) is 5.32 Å². The summed E-state index contributed by atoms with van der Waals surface area (Å²) in [6.07, 6.45) is 5.91. The van der Waals surface area contributed by atoms with Gasteiger partial charge in [-0.05, 0) is 33.2 Å². The van der Waals surface area contributed by atoms with Crippen molar-refractivity contribution < 1.29 is 9.28 Å². The fourth-order valence-corrected chi connectivity index (χ4v) is 3.13. The van der Waals surface area contributed by atoms with Crippen LogP contribution in [0, 0.1) is 0 Å². The van der Waals surface area contributed by atoms with E-state index in [-0.39, 0.29) is 5.91 Å². The minimum atomic E-state index is 0.194. The number of nitrogens with zero attached hydrogens (tertiary/aromatic N) is 1. The van der Waals surface area contributed by atoms with E-state index in [1.807, 2.05) is 0 Å². The highest BCUT2D eigenvalue weighted by Crippen LogP contribution is 2.08. The lowest BCUT2D eigenvalue weighted by atomic mass is 10.2. The van der Waals surface area contributed by atoms with Crippen LogP contribution in [0.2, 0.25) is 0 Å². The molecular formula is C15H35N3OP+. The monoisotopic (exact) mass is 304 g/mol. The zero-order valence-electron chi connectivity index (χ0n) is 13.5. The number of amides is 1. The second kappa shape index (κ2) is 12.6. The Balaban J connectivity index is 3.74. The molecular weight excluding hydrogens is 269 g/mol. The smallest absolute Gasteiger partial charge is 0.219 e. The number of carbonyl (C=O) groups is 1. The van der Waals surface area contributed by atoms with Crippen LogP contribution in [0.1, 0.15) is 46.0 Å². The Labute approximate surface area is 127 Å². The van der Waals surface area contributed by atoms with Crippen molar-refractivity contribution in [2.45, 2.75) is 46.0 Å². The SMILES string of the molecule is CC[N+](CC)(CCP)CCCNC(=O)CCCCCN. The first-order valence-electron chi connectivity index (χ1n) is 8.16. The van der Waals surface area contributed by atoms with Crippen LogP contribution in [0.5, 0.6) is 0 Å². The molecule has 0 saturated carbocycles. The van der Waals surface area contributed by atoms with Crippen molar-refractivity contribution in [2.75, 3.05) is 45.4 Å². The lowest BCUT2D eigenvalue weighted by molar-refractivity contribution is -0.922. The van der Waals surface area contributed by atoms with Gasteiger partial charge in [0.15, 0.2) is 0 Å². The Hall–Kier alpha value is -0.180. The van der Waals surface area contributed by atoms with Crippen molar-refractivity contribution in [3.05, 3.63) is 0 Å². The molecule has 4 nitrogen and oxygen atoms in total. The molecule has 120 valence electrons. The summed E-state index contributed by atoms with van der Waals surface area (Å²) in [5.41, 5.74) is 5.43. The Morgan fingerprint density at radius 2 is 1.80 bits per heavy atom. The molecule has 1 amide bonds. The molecule has 0 spiro atoms. The molecule has 0 aliphatic rings. The zero-order chi connectivity index (χ0) is 15.3. The predicted molar refractivity (Wildman–Crippen MR) is 90.8 cm³/mol. The van der Waals surface area contributed by atoms with Gasteiger partial charge in [-0.2, -0.15) is 0 Å². The molecule has 0 radical (unpaired) electrons. The van der Waals surface area contributed by atoms with Crippen molar-refractivity contribution in [2.24, 2.45) is 5.73 Å². The van der Waals surface area contributed by atoms with Gasteiger partial charge in [-0.15, -0.1) is 9.24 Å². The number of carbonyl (C=O) groups excluding carboxylic acids is 1. The molecule has 0 aromatic rings. The van der Waals surface area contributed by atoms with Crippen molar-refractivity contribution >= 4 is 15.1 Å². The highest BCUT2D eigenvalue weighted by atomic mass is 31.0. The normalized spacial score (nSPS) is 11.6. The lowest BCUT2D eigenvalue weighted by Crippen LogP contribution is -2.50. The standard InChI is InChI=1S/C15H34N3OP/c1-3-18(4-2,13-14-20)12-8-11-17-15(19)9-6-5-7-10-16/h3-14,16,20H2,1-2H3/p+1. The van der Waals surface area contributed by atoms with Crippen LogP contribution >= 0.6 is 9.24 Å². The first kappa shape index (κ1) is 19.8. The number of rotatable bonds is 13. The van der Waals surface area contributed by atoms with Gasteiger partial charge in [0.25, 0.3) is 0 Å². The van der Waals surface area contributed by atoms with E-state index in [9.17, 15) is 4.79 Å². The van der Waals surface area contributed by atoms with Gasteiger partial charge in [0, 0.05) is 25.5 Å². The van der Waals surface area contributed by atoms with Gasteiger partial charge in [0.2, 0.25) is 5.91 Å². The van der Waals surface area contributed by atoms with E-state index in [1.54, 1.807) is 0 Å². The number of hydrogen-bond acceptors (Lipinski definition) is 2. The predicted octanol–water partition coefficient (Wildman–Crippen LogP) is 1.74. The Bertz CT molecular complexity index is 245. The molecule has 0 aliphatic carbocycles. The average Bonchev–Trinajstić information content (AvgIpc) is 2.47. The molecule has 0 fully saturated rings. The highest BCUT2D eigenvalue weighted by molar-refractivity contribution is 7.16. The van der Waals surface area contributed by atoms with Gasteiger partial charge in [0.05, 0.1) is 26.2 Å². The van der Waals surface area contributed by atoms with E-state index in [0.717, 1.165) is 56.0 Å². The number of unbranched alkanes of at least 4 members (excludes halogenated alkanes) is 2. The third kappa shape index (κ3) is 8.89. The Morgan fingerprint density at radius 1 is 1.10 bits per heavy atom. The first-order chi connectivity index (χ1) is 9.64. The van der Waals surface area contributed by atoms with Gasteiger partial charge >= 0.3 is 0 Å². The summed E-state index contributed by atoms with van der Waals surface area (Å²) in [7, 11) is 2.83. The number of hydrogen-bond donors (Lipinski definition) is 2. The molecule has 0 saturated heterocycles. The highest BCUT2D eigenvalue weighted by Gasteiger charge is 2.21. The molecule has 0 aromatic carbocycles. The summed E-state index contributed by atoms with van der Waals surface area (Å²) < 4.78 is 1.16. The van der Waals surface area contributed by atoms with Crippen LogP contribution in [-0.4, -0.2) is 55.8 Å². The van der Waals surface area contributed by atoms with Crippen molar-refractivity contribution in [1.29, 1.82) is 0 Å². The molecule has 0 bridgehead atoms. The summed E-state index contributed by atoms with van der Waals surface area (Å²) >= 11 is 0. The maximum absolute atomic E-state index is 11.6. The third-order valence-electron chi connectivity index (χ3n) is 4.18. The molecule has 0 aromatic heterocycles. The molecule has 3 N–H and O–H groups in total. The number of nitrogens with two attached hydrogens (primary N) is 1. The fourth-order valence-electron chi connectivity index (χ4n) is 2.58. The molecule has 0 rings (SSSR count). The Morgan fingerprint density at radius 3 is 2.35 bits per heavy atom. The topological polar surface area (TPSA) is 55.1 Å². The maximum atomic E-state index is 11.6. The summed E-state index contributed by atoms with van der Waals surface area (Å²) in [6.45, 7) is 10.8. The number of quaternary nitrogens is 1. The third-order valence-corrected chi connectivity index (χ3v) is 4.44. The van der Waals surface area contributed by atoms with E-state index in [4.69, 9.17) is 5.73 Å². The van der Waals surface area contributed by atoms with Gasteiger partial charge in [0.1, 0.15) is 0 Å². The largest absolute Gasteiger partial charge is 0.356 e. The van der Waals surface area contributed by atoms with Crippen LogP contribution in [0.25, 0.3) is 0 Å². The van der Waals surface area contributed by atoms with E-state index in [0.29, 0.717) is 6.42 Å². The van der Waals surface area contributed by atoms with Crippen LogP contribution in [0.4, 0.5) is 0 Å². The summed E-state index contributed by atoms with van der Waals surface area (Å²) in [5, 5.41) is 3.04. The molecule has 1 unspecified atom stereocenters. The van der Waals surface area contributed by atoms with Crippen LogP contribution in [0.3, 0.4) is 0 Å². The van der Waals surface area contributed by atoms with Gasteiger partial charge in [-0.3, -0.25) is 4.79 Å². The zero-order valence-corrected chi connectivity index (χ0v) is 14.7. The minimum Gasteiger partial charge on any atom is -0.356 e. The van der Waals surface area contributed by atoms with E-state index in [2.05, 4.69) is 28.4 Å². The van der Waals surface area contributed by atoms with Crippen LogP contribution in [-0.2, 0) is 4.79 Å². The summed E-state index contributed by atoms with van der Waals surface area (Å²) in [4.78, 5) is 11.6. The van der Waals surface area contributed by atoms with E-state index in [1.165, 1.54) is 19.6 Å². The molecule has 1 atom stereocenters. The summed E-state index contributed by atoms with van der Waals surface area (Å²) in [6, 6.07) is 0. The van der Waals surface area contributed by atoms with Gasteiger partial charge < -0.3 is 15.5 Å². The molecule has 0 aliphatic heterocycles. The second-order valence-corrected chi connectivity index (χ2v) is 6.09. The Kier molecular flexibility index (Phi) is 12.4. The average molecular weight is 304 g/mol. The minimum absolute atomic E-state index is 0.194. The first-order valence-corrected chi connectivity index (χ1v) is 8.97. The van der Waals surface area contributed by atoms with Crippen molar-refractivity contribution in [3.8, 4) is 0 Å². The molecule has 20 heavy (non-hydrogen) atoms. The van der Waals surface area contributed by atoms with Crippen molar-refractivity contribution in [3.63, 3.8) is 0 Å². The van der Waals surface area contributed by atoms with E-state index < -0.39 is 0 Å². The lowest BCUT2D eigenvalue weighted by Gasteiger charge is -2.36. The molecule has 5 heteroatoms. The van der Waals surface area contributed by atoms with E-state index >= 15 is 0 Å². The fraction of sp³-hybridized carbons (Fsp3) is 0.933. The molecule has 0 heterocycles. The second-order valence-electron chi connectivity index (χ2n) is 5.51. The quantitative estimate of drug-likeness (QED) is 0.309. The maximum Gasteiger partial charge on any atom is 0.219 e.